The Hall–Kier alpha value is -3.33. The van der Waals surface area contributed by atoms with Crippen molar-refractivity contribution in [3.8, 4) is 0 Å². The Morgan fingerprint density at radius 3 is 2.51 bits per heavy atom. The van der Waals surface area contributed by atoms with Gasteiger partial charge in [0.1, 0.15) is 5.82 Å². The van der Waals surface area contributed by atoms with Gasteiger partial charge in [0.15, 0.2) is 0 Å². The van der Waals surface area contributed by atoms with E-state index in [1.807, 2.05) is 48.5 Å². The standard InChI is InChI=1S/C34H37ClFN3O3S/c1-3-4-5-26(21-6-8-23(9-7-21)34(42)37-16-15-31(40)41)32(22-10-12-24(35)13-11-22)29-20-43-33-27(29)18-25(36)19-28(33)30-14-17-38-39(30)2/h6-14,18-19,26,29,32,38H,3-5,15-17,20H2,1-2H3,(H,37,42)(H,40,41). The van der Waals surface area contributed by atoms with Crippen molar-refractivity contribution in [1.82, 2.24) is 15.8 Å². The van der Waals surface area contributed by atoms with E-state index >= 15 is 4.39 Å². The molecule has 0 bridgehead atoms. The molecule has 0 saturated heterocycles. The monoisotopic (exact) mass is 621 g/mol. The minimum absolute atomic E-state index is 0.0517. The fraction of sp³-hybridized carbons (Fsp3) is 0.353. The van der Waals surface area contributed by atoms with Crippen LogP contribution < -0.4 is 10.7 Å². The van der Waals surface area contributed by atoms with E-state index < -0.39 is 5.97 Å². The number of amides is 1. The number of carboxylic acid groups (broad SMARTS) is 1. The average molecular weight is 622 g/mol. The lowest BCUT2D eigenvalue weighted by Crippen LogP contribution is -2.26. The van der Waals surface area contributed by atoms with Crippen molar-refractivity contribution in [2.75, 3.05) is 25.9 Å². The highest BCUT2D eigenvalue weighted by molar-refractivity contribution is 7.99. The van der Waals surface area contributed by atoms with Gasteiger partial charge in [-0.15, -0.1) is 11.8 Å². The summed E-state index contributed by atoms with van der Waals surface area (Å²) in [5.41, 5.74) is 9.00. The number of carboxylic acids is 1. The molecule has 226 valence electrons. The third-order valence-electron chi connectivity index (χ3n) is 8.37. The van der Waals surface area contributed by atoms with E-state index in [1.54, 1.807) is 23.9 Å². The normalized spacial score (nSPS) is 17.3. The minimum Gasteiger partial charge on any atom is -0.481 e. The zero-order valence-corrected chi connectivity index (χ0v) is 26.0. The molecule has 0 aliphatic carbocycles. The quantitative estimate of drug-likeness (QED) is 0.195. The number of carbonyl (C=O) groups excluding carboxylic acids is 1. The molecule has 9 heteroatoms. The fourth-order valence-electron chi connectivity index (χ4n) is 6.27. The van der Waals surface area contributed by atoms with Crippen LogP contribution in [0.15, 0.2) is 71.6 Å². The molecule has 6 nitrogen and oxygen atoms in total. The number of thioether (sulfide) groups is 1. The second-order valence-electron chi connectivity index (χ2n) is 11.1. The zero-order valence-electron chi connectivity index (χ0n) is 24.4. The summed E-state index contributed by atoms with van der Waals surface area (Å²) in [5, 5.41) is 14.2. The summed E-state index contributed by atoms with van der Waals surface area (Å²) in [6.07, 6.45) is 4.97. The summed E-state index contributed by atoms with van der Waals surface area (Å²) in [6, 6.07) is 19.1. The Morgan fingerprint density at radius 2 is 1.86 bits per heavy atom. The van der Waals surface area contributed by atoms with Gasteiger partial charge in [-0.3, -0.25) is 9.59 Å². The Labute approximate surface area is 261 Å². The Morgan fingerprint density at radius 1 is 1.14 bits per heavy atom. The third kappa shape index (κ3) is 7.08. The lowest BCUT2D eigenvalue weighted by molar-refractivity contribution is -0.136. The Balaban J connectivity index is 1.54. The molecule has 0 spiro atoms. The number of carbonyl (C=O) groups is 2. The van der Waals surface area contributed by atoms with Crippen LogP contribution in [0.3, 0.4) is 0 Å². The largest absolute Gasteiger partial charge is 0.481 e. The van der Waals surface area contributed by atoms with Crippen molar-refractivity contribution in [3.05, 3.63) is 105 Å². The highest BCUT2D eigenvalue weighted by Crippen LogP contribution is 2.54. The van der Waals surface area contributed by atoms with Crippen LogP contribution in [0.1, 0.15) is 83.0 Å². The number of nitrogens with zero attached hydrogens (tertiary/aromatic N) is 1. The Kier molecular flexibility index (Phi) is 10.1. The summed E-state index contributed by atoms with van der Waals surface area (Å²) >= 11 is 8.12. The second-order valence-corrected chi connectivity index (χ2v) is 12.6. The number of unbranched alkanes of at least 4 members (excludes halogenated alkanes) is 1. The predicted octanol–water partition coefficient (Wildman–Crippen LogP) is 7.42. The van der Waals surface area contributed by atoms with Crippen LogP contribution in [0.5, 0.6) is 0 Å². The number of halogens is 2. The number of hydrazine groups is 1. The van der Waals surface area contributed by atoms with E-state index in [0.717, 1.165) is 57.9 Å². The van der Waals surface area contributed by atoms with Crippen LogP contribution in [0.25, 0.3) is 5.70 Å². The predicted molar refractivity (Wildman–Crippen MR) is 171 cm³/mol. The number of rotatable bonds is 12. The van der Waals surface area contributed by atoms with Crippen LogP contribution in [0.2, 0.25) is 5.02 Å². The van der Waals surface area contributed by atoms with Crippen molar-refractivity contribution >= 4 is 40.9 Å². The van der Waals surface area contributed by atoms with Gasteiger partial charge in [0, 0.05) is 52.9 Å². The third-order valence-corrected chi connectivity index (χ3v) is 9.89. The summed E-state index contributed by atoms with van der Waals surface area (Å²) in [7, 11) is 1.96. The first-order valence-electron chi connectivity index (χ1n) is 14.8. The van der Waals surface area contributed by atoms with Gasteiger partial charge < -0.3 is 15.4 Å². The molecule has 2 aliphatic rings. The van der Waals surface area contributed by atoms with E-state index in [4.69, 9.17) is 16.7 Å². The van der Waals surface area contributed by atoms with E-state index in [-0.39, 0.29) is 42.4 Å². The van der Waals surface area contributed by atoms with Gasteiger partial charge in [-0.25, -0.2) is 9.82 Å². The summed E-state index contributed by atoms with van der Waals surface area (Å²) in [6.45, 7) is 2.97. The number of benzene rings is 3. The molecule has 0 aromatic heterocycles. The maximum absolute atomic E-state index is 15.3. The maximum Gasteiger partial charge on any atom is 0.305 e. The Bertz CT molecular complexity index is 1500. The van der Waals surface area contributed by atoms with E-state index in [9.17, 15) is 9.59 Å². The fourth-order valence-corrected chi connectivity index (χ4v) is 7.82. The molecule has 0 fully saturated rings. The maximum atomic E-state index is 15.3. The van der Waals surface area contributed by atoms with Crippen molar-refractivity contribution in [1.29, 1.82) is 0 Å². The molecular weight excluding hydrogens is 585 g/mol. The molecule has 1 amide bonds. The summed E-state index contributed by atoms with van der Waals surface area (Å²) in [5.74, 6) is -0.422. The molecule has 2 heterocycles. The van der Waals surface area contributed by atoms with Crippen LogP contribution in [-0.2, 0) is 4.79 Å². The lowest BCUT2D eigenvalue weighted by Gasteiger charge is -2.33. The molecule has 3 N–H and O–H groups in total. The molecule has 3 atom stereocenters. The van der Waals surface area contributed by atoms with Crippen LogP contribution in [0, 0.1) is 5.82 Å². The average Bonchev–Trinajstić information content (AvgIpc) is 3.61. The highest BCUT2D eigenvalue weighted by Gasteiger charge is 2.39. The molecule has 0 radical (unpaired) electrons. The van der Waals surface area contributed by atoms with E-state index in [0.29, 0.717) is 17.1 Å². The second kappa shape index (κ2) is 14.0. The molecule has 3 aromatic rings. The first-order chi connectivity index (χ1) is 20.8. The van der Waals surface area contributed by atoms with Gasteiger partial charge in [-0.1, -0.05) is 55.6 Å². The number of aliphatic carboxylic acids is 1. The molecule has 0 saturated carbocycles. The van der Waals surface area contributed by atoms with Crippen molar-refractivity contribution < 1.29 is 19.1 Å². The lowest BCUT2D eigenvalue weighted by atomic mass is 9.70. The van der Waals surface area contributed by atoms with Gasteiger partial charge in [0.05, 0.1) is 12.1 Å². The zero-order chi connectivity index (χ0) is 30.5. The minimum atomic E-state index is -0.954. The first kappa shape index (κ1) is 31.1. The molecular formula is C34H37ClFN3O3S. The highest BCUT2D eigenvalue weighted by atomic mass is 35.5. The summed E-state index contributed by atoms with van der Waals surface area (Å²) < 4.78 is 15.3. The van der Waals surface area contributed by atoms with Gasteiger partial charge in [-0.2, -0.15) is 0 Å². The number of hydrogen-bond acceptors (Lipinski definition) is 5. The summed E-state index contributed by atoms with van der Waals surface area (Å²) in [4.78, 5) is 24.6. The van der Waals surface area contributed by atoms with Crippen LogP contribution in [0.4, 0.5) is 4.39 Å². The smallest absolute Gasteiger partial charge is 0.305 e. The first-order valence-corrected chi connectivity index (χ1v) is 16.1. The molecule has 2 aliphatic heterocycles. The van der Waals surface area contributed by atoms with Gasteiger partial charge in [0.25, 0.3) is 5.91 Å². The van der Waals surface area contributed by atoms with Gasteiger partial charge in [-0.05, 0) is 77.4 Å². The molecule has 5 rings (SSSR count). The number of nitrogens with one attached hydrogen (secondary N) is 2. The van der Waals surface area contributed by atoms with Crippen molar-refractivity contribution in [2.24, 2.45) is 0 Å². The van der Waals surface area contributed by atoms with E-state index in [1.165, 1.54) is 0 Å². The molecule has 43 heavy (non-hydrogen) atoms. The van der Waals surface area contributed by atoms with Crippen LogP contribution >= 0.6 is 23.4 Å². The SMILES string of the molecule is CCCCC(c1ccc(C(=O)NCCC(=O)O)cc1)C(c1ccc(Cl)cc1)C1CSc2c(C3=CCNN3C)cc(F)cc21. The van der Waals surface area contributed by atoms with Crippen LogP contribution in [-0.4, -0.2) is 47.9 Å². The number of hydrogen-bond donors (Lipinski definition) is 3. The molecule has 3 unspecified atom stereocenters. The van der Waals surface area contributed by atoms with E-state index in [2.05, 4.69) is 35.9 Å². The topological polar surface area (TPSA) is 81.7 Å². The van der Waals surface area contributed by atoms with Crippen molar-refractivity contribution in [2.45, 2.75) is 55.3 Å². The van der Waals surface area contributed by atoms with Crippen molar-refractivity contribution in [3.63, 3.8) is 0 Å². The number of fused-ring (bicyclic) bond motifs is 1. The van der Waals surface area contributed by atoms with Gasteiger partial charge in [0.2, 0.25) is 0 Å². The molecule has 3 aromatic carbocycles. The van der Waals surface area contributed by atoms with Gasteiger partial charge >= 0.3 is 5.97 Å².